The Bertz CT molecular complexity index is 839. The molecular formula is C20H24N2O4S. The van der Waals surface area contributed by atoms with Gasteiger partial charge in [-0.25, -0.2) is 0 Å². The molecule has 7 heteroatoms. The Kier molecular flexibility index (Phi) is 7.01. The number of phenols is 1. The number of phenolic OH excluding ortho intramolecular Hbond substituents is 1. The van der Waals surface area contributed by atoms with Gasteiger partial charge in [-0.1, -0.05) is 19.9 Å². The normalized spacial score (nSPS) is 11.4. The fraction of sp³-hybridized carbons (Fsp3) is 0.300. The summed E-state index contributed by atoms with van der Waals surface area (Å²) in [6, 6.07) is 10.2. The number of thiocarbonyl (C=S) groups is 1. The molecular weight excluding hydrogens is 364 g/mol. The van der Waals surface area contributed by atoms with Crippen molar-refractivity contribution >= 4 is 28.9 Å². The summed E-state index contributed by atoms with van der Waals surface area (Å²) >= 11 is 5.22. The summed E-state index contributed by atoms with van der Waals surface area (Å²) in [4.78, 5) is 12.5. The highest BCUT2D eigenvalue weighted by Gasteiger charge is 2.16. The van der Waals surface area contributed by atoms with Crippen molar-refractivity contribution in [2.75, 3.05) is 19.5 Å². The third-order valence-corrected chi connectivity index (χ3v) is 4.53. The zero-order chi connectivity index (χ0) is 20.0. The van der Waals surface area contributed by atoms with Crippen LogP contribution in [0.2, 0.25) is 0 Å². The van der Waals surface area contributed by atoms with E-state index in [0.29, 0.717) is 28.7 Å². The van der Waals surface area contributed by atoms with Crippen molar-refractivity contribution in [1.82, 2.24) is 5.32 Å². The minimum atomic E-state index is -0.426. The van der Waals surface area contributed by atoms with Crippen LogP contribution in [-0.2, 0) is 0 Å². The van der Waals surface area contributed by atoms with Crippen LogP contribution in [0.5, 0.6) is 17.2 Å². The van der Waals surface area contributed by atoms with Crippen LogP contribution in [0.25, 0.3) is 0 Å². The number of anilines is 1. The number of methoxy groups -OCH3 is 2. The van der Waals surface area contributed by atoms with Gasteiger partial charge in [-0.05, 0) is 54.4 Å². The number of carbonyl (C=O) groups is 1. The van der Waals surface area contributed by atoms with E-state index >= 15 is 0 Å². The first kappa shape index (κ1) is 20.5. The number of ether oxygens (including phenoxy) is 2. The molecule has 0 radical (unpaired) electrons. The number of amides is 1. The summed E-state index contributed by atoms with van der Waals surface area (Å²) in [5.74, 6) is 0.926. The first-order valence-corrected chi connectivity index (χ1v) is 8.97. The van der Waals surface area contributed by atoms with Crippen LogP contribution < -0.4 is 20.1 Å². The fourth-order valence-corrected chi connectivity index (χ4v) is 2.71. The summed E-state index contributed by atoms with van der Waals surface area (Å²) in [5, 5.41) is 15.6. The zero-order valence-electron chi connectivity index (χ0n) is 15.8. The third kappa shape index (κ3) is 5.10. The maximum absolute atomic E-state index is 12.5. The maximum Gasteiger partial charge on any atom is 0.261 e. The van der Waals surface area contributed by atoms with Gasteiger partial charge in [-0.15, -0.1) is 0 Å². The molecule has 0 saturated carbocycles. The Labute approximate surface area is 164 Å². The molecule has 0 saturated heterocycles. The SMILES string of the molecule is CC[C@H](C)c1ccc(O)c(NC(=S)NC(=O)c2ccc(OC)cc2OC)c1. The molecule has 2 aromatic rings. The predicted molar refractivity (Wildman–Crippen MR) is 110 cm³/mol. The number of nitrogens with one attached hydrogen (secondary N) is 2. The van der Waals surface area contributed by atoms with Crippen LogP contribution >= 0.6 is 12.2 Å². The molecule has 0 aliphatic heterocycles. The zero-order valence-corrected chi connectivity index (χ0v) is 16.6. The van der Waals surface area contributed by atoms with E-state index in [4.69, 9.17) is 21.7 Å². The van der Waals surface area contributed by atoms with Gasteiger partial charge in [-0.2, -0.15) is 0 Å². The molecule has 0 fully saturated rings. The second-order valence-corrected chi connectivity index (χ2v) is 6.47. The lowest BCUT2D eigenvalue weighted by atomic mass is 9.98. The number of carbonyl (C=O) groups excluding carboxylic acids is 1. The van der Waals surface area contributed by atoms with Gasteiger partial charge in [0.25, 0.3) is 5.91 Å². The Morgan fingerprint density at radius 2 is 1.93 bits per heavy atom. The lowest BCUT2D eigenvalue weighted by Gasteiger charge is -2.15. The molecule has 0 bridgehead atoms. The topological polar surface area (TPSA) is 79.8 Å². The smallest absolute Gasteiger partial charge is 0.261 e. The van der Waals surface area contributed by atoms with Gasteiger partial charge in [0.05, 0.1) is 25.5 Å². The van der Waals surface area contributed by atoms with E-state index in [1.165, 1.54) is 14.2 Å². The van der Waals surface area contributed by atoms with E-state index in [1.807, 2.05) is 12.1 Å². The summed E-state index contributed by atoms with van der Waals surface area (Å²) in [7, 11) is 3.01. The second-order valence-electron chi connectivity index (χ2n) is 6.06. The summed E-state index contributed by atoms with van der Waals surface area (Å²) < 4.78 is 10.4. The third-order valence-electron chi connectivity index (χ3n) is 4.33. The van der Waals surface area contributed by atoms with E-state index in [9.17, 15) is 9.90 Å². The predicted octanol–water partition coefficient (Wildman–Crippen LogP) is 4.05. The number of benzene rings is 2. The van der Waals surface area contributed by atoms with Crippen molar-refractivity contribution in [3.8, 4) is 17.2 Å². The van der Waals surface area contributed by atoms with Crippen LogP contribution in [0, 0.1) is 0 Å². The van der Waals surface area contributed by atoms with Crippen LogP contribution in [0.4, 0.5) is 5.69 Å². The van der Waals surface area contributed by atoms with E-state index in [2.05, 4.69) is 24.5 Å². The lowest BCUT2D eigenvalue weighted by Crippen LogP contribution is -2.34. The van der Waals surface area contributed by atoms with Gasteiger partial charge >= 0.3 is 0 Å². The average Bonchev–Trinajstić information content (AvgIpc) is 2.68. The van der Waals surface area contributed by atoms with Crippen molar-refractivity contribution in [3.05, 3.63) is 47.5 Å². The van der Waals surface area contributed by atoms with Gasteiger partial charge in [0.1, 0.15) is 17.2 Å². The number of rotatable bonds is 6. The summed E-state index contributed by atoms with van der Waals surface area (Å²) in [6.07, 6.45) is 0.975. The van der Waals surface area contributed by atoms with Gasteiger partial charge in [0.2, 0.25) is 0 Å². The molecule has 0 aromatic heterocycles. The molecule has 1 amide bonds. The molecule has 0 heterocycles. The van der Waals surface area contributed by atoms with Crippen LogP contribution in [0.15, 0.2) is 36.4 Å². The minimum absolute atomic E-state index is 0.0562. The van der Waals surface area contributed by atoms with Crippen molar-refractivity contribution in [2.45, 2.75) is 26.2 Å². The van der Waals surface area contributed by atoms with Crippen molar-refractivity contribution in [2.24, 2.45) is 0 Å². The van der Waals surface area contributed by atoms with E-state index in [0.717, 1.165) is 12.0 Å². The van der Waals surface area contributed by atoms with Gasteiger partial charge in [-0.3, -0.25) is 10.1 Å². The van der Waals surface area contributed by atoms with Gasteiger partial charge < -0.3 is 19.9 Å². The number of hydrogen-bond acceptors (Lipinski definition) is 5. The first-order valence-electron chi connectivity index (χ1n) is 8.56. The van der Waals surface area contributed by atoms with Crippen LogP contribution in [0.3, 0.4) is 0 Å². The Balaban J connectivity index is 2.13. The monoisotopic (exact) mass is 388 g/mol. The molecule has 2 rings (SSSR count). The lowest BCUT2D eigenvalue weighted by molar-refractivity contribution is 0.0974. The van der Waals surface area contributed by atoms with Crippen molar-refractivity contribution in [3.63, 3.8) is 0 Å². The molecule has 3 N–H and O–H groups in total. The van der Waals surface area contributed by atoms with E-state index in [1.54, 1.807) is 24.3 Å². The van der Waals surface area contributed by atoms with Gasteiger partial charge in [0, 0.05) is 6.07 Å². The molecule has 2 aromatic carbocycles. The molecule has 6 nitrogen and oxygen atoms in total. The average molecular weight is 388 g/mol. The minimum Gasteiger partial charge on any atom is -0.506 e. The number of aromatic hydroxyl groups is 1. The highest BCUT2D eigenvalue weighted by atomic mass is 32.1. The molecule has 0 aliphatic rings. The highest BCUT2D eigenvalue weighted by Crippen LogP contribution is 2.29. The van der Waals surface area contributed by atoms with E-state index < -0.39 is 5.91 Å². The van der Waals surface area contributed by atoms with Crippen LogP contribution in [-0.4, -0.2) is 30.3 Å². The molecule has 0 aliphatic carbocycles. The molecule has 144 valence electrons. The Morgan fingerprint density at radius 3 is 2.56 bits per heavy atom. The Hall–Kier alpha value is -2.80. The summed E-state index contributed by atoms with van der Waals surface area (Å²) in [5.41, 5.74) is 1.84. The fourth-order valence-electron chi connectivity index (χ4n) is 2.51. The molecule has 27 heavy (non-hydrogen) atoms. The highest BCUT2D eigenvalue weighted by molar-refractivity contribution is 7.80. The summed E-state index contributed by atoms with van der Waals surface area (Å²) in [6.45, 7) is 4.20. The van der Waals surface area contributed by atoms with Crippen molar-refractivity contribution < 1.29 is 19.4 Å². The van der Waals surface area contributed by atoms with Gasteiger partial charge in [0.15, 0.2) is 5.11 Å². The standard InChI is InChI=1S/C20H24N2O4S/c1-5-12(2)13-6-9-17(23)16(10-13)21-20(27)22-19(24)15-8-7-14(25-3)11-18(15)26-4/h6-12,23H,5H2,1-4H3,(H2,21,22,24,27)/t12-/m0/s1. The molecule has 0 unspecified atom stereocenters. The number of hydrogen-bond donors (Lipinski definition) is 3. The molecule has 0 spiro atoms. The largest absolute Gasteiger partial charge is 0.506 e. The quantitative estimate of drug-likeness (QED) is 0.512. The first-order chi connectivity index (χ1) is 12.9. The van der Waals surface area contributed by atoms with E-state index in [-0.39, 0.29) is 10.9 Å². The maximum atomic E-state index is 12.5. The Morgan fingerprint density at radius 1 is 1.19 bits per heavy atom. The van der Waals surface area contributed by atoms with Crippen molar-refractivity contribution in [1.29, 1.82) is 0 Å². The van der Waals surface area contributed by atoms with Crippen LogP contribution in [0.1, 0.15) is 42.1 Å². The molecule has 1 atom stereocenters. The second kappa shape index (κ2) is 9.23.